The summed E-state index contributed by atoms with van der Waals surface area (Å²) in [6, 6.07) is 6.70. The van der Waals surface area contributed by atoms with E-state index in [2.05, 4.69) is 0 Å². The fourth-order valence-electron chi connectivity index (χ4n) is 1.40. The topological polar surface area (TPSA) is 17.1 Å². The van der Waals surface area contributed by atoms with Gasteiger partial charge in [0.25, 0.3) is 0 Å². The van der Waals surface area contributed by atoms with Crippen LogP contribution in [-0.2, 0) is 0 Å². The van der Waals surface area contributed by atoms with E-state index in [4.69, 9.17) is 34.8 Å². The Hall–Kier alpha value is -0.760. The molecule has 0 N–H and O–H groups in total. The molecule has 0 radical (unpaired) electrons. The minimum Gasteiger partial charge on any atom is -0.298 e. The summed E-state index contributed by atoms with van der Waals surface area (Å²) in [6.45, 7) is 0. The van der Waals surface area contributed by atoms with Gasteiger partial charge in [-0.25, -0.2) is 0 Å². The van der Waals surface area contributed by atoms with Crippen molar-refractivity contribution < 1.29 is 4.79 Å². The maximum atomic E-state index is 10.6. The molecule has 0 saturated heterocycles. The standard InChI is InChI=1S/C11H5Cl3O/c12-9-2-6(5-15)1-7-3-10(13)11(14)4-8(7)9/h1-5H. The van der Waals surface area contributed by atoms with Gasteiger partial charge in [-0.15, -0.1) is 0 Å². The highest BCUT2D eigenvalue weighted by molar-refractivity contribution is 6.43. The SMILES string of the molecule is O=Cc1cc(Cl)c2cc(Cl)c(Cl)cc2c1. The first-order valence-corrected chi connectivity index (χ1v) is 5.28. The molecule has 2 aromatic rings. The normalized spacial score (nSPS) is 10.6. The van der Waals surface area contributed by atoms with E-state index in [1.165, 1.54) is 0 Å². The largest absolute Gasteiger partial charge is 0.298 e. The number of benzene rings is 2. The molecule has 4 heteroatoms. The van der Waals surface area contributed by atoms with Crippen LogP contribution < -0.4 is 0 Å². The summed E-state index contributed by atoms with van der Waals surface area (Å²) < 4.78 is 0. The first kappa shape index (κ1) is 10.7. The van der Waals surface area contributed by atoms with Gasteiger partial charge in [0.2, 0.25) is 0 Å². The number of carbonyl (C=O) groups is 1. The quantitative estimate of drug-likeness (QED) is 0.683. The van der Waals surface area contributed by atoms with Gasteiger partial charge in [0, 0.05) is 16.0 Å². The minimum absolute atomic E-state index is 0.447. The van der Waals surface area contributed by atoms with Crippen LogP contribution in [-0.4, -0.2) is 6.29 Å². The molecule has 0 aliphatic heterocycles. The molecule has 0 saturated carbocycles. The number of aldehydes is 1. The highest BCUT2D eigenvalue weighted by Crippen LogP contribution is 2.32. The van der Waals surface area contributed by atoms with Crippen LogP contribution in [0.25, 0.3) is 10.8 Å². The maximum absolute atomic E-state index is 10.6. The predicted octanol–water partition coefficient (Wildman–Crippen LogP) is 4.61. The first-order chi connectivity index (χ1) is 7.11. The second kappa shape index (κ2) is 4.01. The van der Waals surface area contributed by atoms with Gasteiger partial charge >= 0.3 is 0 Å². The van der Waals surface area contributed by atoms with Gasteiger partial charge in [-0.1, -0.05) is 34.8 Å². The van der Waals surface area contributed by atoms with Crippen LogP contribution in [0.3, 0.4) is 0 Å². The molecular formula is C11H5Cl3O. The Morgan fingerprint density at radius 2 is 1.53 bits per heavy atom. The Bertz CT molecular complexity index is 549. The average Bonchev–Trinajstić information content (AvgIpc) is 2.21. The summed E-state index contributed by atoms with van der Waals surface area (Å²) in [6.07, 6.45) is 0.744. The van der Waals surface area contributed by atoms with Crippen molar-refractivity contribution >= 4 is 51.9 Å². The maximum Gasteiger partial charge on any atom is 0.150 e. The molecule has 76 valence electrons. The van der Waals surface area contributed by atoms with Crippen molar-refractivity contribution in [1.82, 2.24) is 0 Å². The second-order valence-corrected chi connectivity index (χ2v) is 4.33. The van der Waals surface area contributed by atoms with E-state index in [1.807, 2.05) is 0 Å². The van der Waals surface area contributed by atoms with Crippen molar-refractivity contribution in [2.45, 2.75) is 0 Å². The van der Waals surface area contributed by atoms with E-state index in [-0.39, 0.29) is 0 Å². The molecule has 0 amide bonds. The van der Waals surface area contributed by atoms with E-state index in [9.17, 15) is 4.79 Å². The molecule has 2 aromatic carbocycles. The van der Waals surface area contributed by atoms with Crippen LogP contribution in [0.2, 0.25) is 15.1 Å². The Morgan fingerprint density at radius 1 is 0.867 bits per heavy atom. The van der Waals surface area contributed by atoms with Crippen molar-refractivity contribution in [3.63, 3.8) is 0 Å². The summed E-state index contributed by atoms with van der Waals surface area (Å²) in [5.74, 6) is 0. The summed E-state index contributed by atoms with van der Waals surface area (Å²) in [5, 5.41) is 2.98. The number of halogens is 3. The summed E-state index contributed by atoms with van der Waals surface area (Å²) in [4.78, 5) is 10.6. The lowest BCUT2D eigenvalue weighted by Gasteiger charge is -2.04. The molecule has 0 heterocycles. The Morgan fingerprint density at radius 3 is 2.20 bits per heavy atom. The zero-order chi connectivity index (χ0) is 11.0. The van der Waals surface area contributed by atoms with E-state index in [0.29, 0.717) is 20.6 Å². The fourth-order valence-corrected chi connectivity index (χ4v) is 2.03. The Kier molecular flexibility index (Phi) is 2.87. The van der Waals surface area contributed by atoms with E-state index < -0.39 is 0 Å². The molecule has 15 heavy (non-hydrogen) atoms. The van der Waals surface area contributed by atoms with Crippen molar-refractivity contribution in [3.8, 4) is 0 Å². The minimum atomic E-state index is 0.447. The second-order valence-electron chi connectivity index (χ2n) is 3.11. The molecule has 0 aliphatic carbocycles. The summed E-state index contributed by atoms with van der Waals surface area (Å²) >= 11 is 17.7. The number of rotatable bonds is 1. The molecule has 2 rings (SSSR count). The zero-order valence-electron chi connectivity index (χ0n) is 7.43. The third-order valence-corrected chi connectivity index (χ3v) is 3.14. The molecule has 0 unspecified atom stereocenters. The lowest BCUT2D eigenvalue weighted by atomic mass is 10.1. The highest BCUT2D eigenvalue weighted by Gasteiger charge is 2.06. The monoisotopic (exact) mass is 258 g/mol. The van der Waals surface area contributed by atoms with E-state index in [0.717, 1.165) is 17.1 Å². The van der Waals surface area contributed by atoms with Gasteiger partial charge in [-0.05, 0) is 29.7 Å². The molecule has 0 bridgehead atoms. The number of hydrogen-bond donors (Lipinski definition) is 0. The van der Waals surface area contributed by atoms with Crippen LogP contribution in [0.5, 0.6) is 0 Å². The van der Waals surface area contributed by atoms with Crippen molar-refractivity contribution in [3.05, 3.63) is 44.9 Å². The van der Waals surface area contributed by atoms with Crippen LogP contribution in [0.4, 0.5) is 0 Å². The van der Waals surface area contributed by atoms with E-state index >= 15 is 0 Å². The van der Waals surface area contributed by atoms with Crippen molar-refractivity contribution in [2.75, 3.05) is 0 Å². The van der Waals surface area contributed by atoms with Gasteiger partial charge in [0.1, 0.15) is 6.29 Å². The number of fused-ring (bicyclic) bond motifs is 1. The molecule has 0 aliphatic rings. The molecule has 0 spiro atoms. The van der Waals surface area contributed by atoms with Gasteiger partial charge in [-0.3, -0.25) is 4.79 Å². The Labute approximate surface area is 102 Å². The molecule has 0 atom stereocenters. The van der Waals surface area contributed by atoms with Crippen LogP contribution >= 0.6 is 34.8 Å². The van der Waals surface area contributed by atoms with Crippen molar-refractivity contribution in [1.29, 1.82) is 0 Å². The van der Waals surface area contributed by atoms with Crippen LogP contribution in [0.15, 0.2) is 24.3 Å². The van der Waals surface area contributed by atoms with Crippen LogP contribution in [0, 0.1) is 0 Å². The van der Waals surface area contributed by atoms with Gasteiger partial charge < -0.3 is 0 Å². The lowest BCUT2D eigenvalue weighted by molar-refractivity contribution is 0.112. The highest BCUT2D eigenvalue weighted by atomic mass is 35.5. The molecular weight excluding hydrogens is 254 g/mol. The molecule has 0 fully saturated rings. The summed E-state index contributed by atoms with van der Waals surface area (Å²) in [5.41, 5.74) is 0.519. The molecule has 1 nitrogen and oxygen atoms in total. The third-order valence-electron chi connectivity index (χ3n) is 2.10. The zero-order valence-corrected chi connectivity index (χ0v) is 9.70. The van der Waals surface area contributed by atoms with Gasteiger partial charge in [0.05, 0.1) is 10.0 Å². The predicted molar refractivity (Wildman–Crippen MR) is 64.4 cm³/mol. The number of carbonyl (C=O) groups excluding carboxylic acids is 1. The Balaban J connectivity index is 2.85. The number of hydrogen-bond acceptors (Lipinski definition) is 1. The molecule has 0 aromatic heterocycles. The first-order valence-electron chi connectivity index (χ1n) is 4.15. The van der Waals surface area contributed by atoms with Crippen LogP contribution in [0.1, 0.15) is 10.4 Å². The summed E-state index contributed by atoms with van der Waals surface area (Å²) in [7, 11) is 0. The van der Waals surface area contributed by atoms with Gasteiger partial charge in [0.15, 0.2) is 0 Å². The third kappa shape index (κ3) is 1.96. The van der Waals surface area contributed by atoms with Crippen molar-refractivity contribution in [2.24, 2.45) is 0 Å². The smallest absolute Gasteiger partial charge is 0.150 e. The average molecular weight is 260 g/mol. The van der Waals surface area contributed by atoms with Gasteiger partial charge in [-0.2, -0.15) is 0 Å². The lowest BCUT2D eigenvalue weighted by Crippen LogP contribution is -1.83. The van der Waals surface area contributed by atoms with E-state index in [1.54, 1.807) is 24.3 Å². The fraction of sp³-hybridized carbons (Fsp3) is 0.